The average Bonchev–Trinajstić information content (AvgIpc) is 2.75. The first-order chi connectivity index (χ1) is 14.8. The molecule has 0 aliphatic rings. The number of nitrogens with one attached hydrogen (secondary N) is 1. The zero-order valence-electron chi connectivity index (χ0n) is 15.6. The van der Waals surface area contributed by atoms with Crippen molar-refractivity contribution in [3.8, 4) is 5.75 Å². The number of nitro groups is 1. The van der Waals surface area contributed by atoms with Crippen molar-refractivity contribution in [1.29, 1.82) is 0 Å². The molecule has 0 radical (unpaired) electrons. The van der Waals surface area contributed by atoms with Crippen molar-refractivity contribution in [3.63, 3.8) is 0 Å². The van der Waals surface area contributed by atoms with Crippen LogP contribution in [0.25, 0.3) is 0 Å². The van der Waals surface area contributed by atoms with Crippen LogP contribution < -0.4 is 9.61 Å². The Morgan fingerprint density at radius 1 is 1.06 bits per heavy atom. The summed E-state index contributed by atoms with van der Waals surface area (Å²) in [5.74, 6) is -0.561. The summed E-state index contributed by atoms with van der Waals surface area (Å²) in [6.07, 6.45) is 1.21. The first-order valence-electron chi connectivity index (χ1n) is 8.63. The highest BCUT2D eigenvalue weighted by Crippen LogP contribution is 2.24. The first-order valence-corrected chi connectivity index (χ1v) is 10.4. The number of carbonyl (C=O) groups is 1. The van der Waals surface area contributed by atoms with E-state index in [0.29, 0.717) is 10.6 Å². The summed E-state index contributed by atoms with van der Waals surface area (Å²) >= 11 is 5.78. The Morgan fingerprint density at radius 2 is 1.77 bits per heavy atom. The third kappa shape index (κ3) is 5.65. The number of nitrogens with zero attached hydrogens (tertiary/aromatic N) is 2. The number of hydrogen-bond donors (Lipinski definition) is 1. The Bertz CT molecular complexity index is 1260. The monoisotopic (exact) mass is 459 g/mol. The second kappa shape index (κ2) is 9.37. The molecule has 0 unspecified atom stereocenters. The number of nitro benzene ring substituents is 1. The van der Waals surface area contributed by atoms with E-state index in [1.807, 2.05) is 0 Å². The van der Waals surface area contributed by atoms with Crippen LogP contribution in [0.4, 0.5) is 5.69 Å². The van der Waals surface area contributed by atoms with E-state index < -0.39 is 20.9 Å². The quantitative estimate of drug-likeness (QED) is 0.248. The van der Waals surface area contributed by atoms with Crippen molar-refractivity contribution in [2.75, 3.05) is 0 Å². The van der Waals surface area contributed by atoms with E-state index in [9.17, 15) is 23.3 Å². The third-order valence-electron chi connectivity index (χ3n) is 3.91. The highest BCUT2D eigenvalue weighted by Gasteiger charge is 2.21. The second-order valence-corrected chi connectivity index (χ2v) is 8.02. The van der Waals surface area contributed by atoms with Crippen molar-refractivity contribution >= 4 is 39.5 Å². The van der Waals surface area contributed by atoms with Crippen molar-refractivity contribution in [1.82, 2.24) is 5.43 Å². The van der Waals surface area contributed by atoms with Crippen LogP contribution >= 0.6 is 11.6 Å². The highest BCUT2D eigenvalue weighted by molar-refractivity contribution is 7.87. The number of rotatable bonds is 7. The molecule has 0 aromatic heterocycles. The summed E-state index contributed by atoms with van der Waals surface area (Å²) in [6.45, 7) is 0. The van der Waals surface area contributed by atoms with Crippen molar-refractivity contribution < 1.29 is 22.3 Å². The lowest BCUT2D eigenvalue weighted by atomic mass is 10.2. The summed E-state index contributed by atoms with van der Waals surface area (Å²) in [5, 5.41) is 15.2. The van der Waals surface area contributed by atoms with Crippen LogP contribution in [0.1, 0.15) is 15.9 Å². The number of hydrogen-bond acceptors (Lipinski definition) is 7. The van der Waals surface area contributed by atoms with E-state index in [2.05, 4.69) is 10.5 Å². The van der Waals surface area contributed by atoms with Gasteiger partial charge >= 0.3 is 10.1 Å². The molecule has 3 aromatic carbocycles. The zero-order valence-corrected chi connectivity index (χ0v) is 17.2. The number of para-hydroxylation sites is 1. The smallest absolute Gasteiger partial charge is 0.339 e. The molecule has 0 fully saturated rings. The molecule has 0 saturated heterocycles. The standard InChI is InChI=1S/C20H14ClN3O6S/c21-16-10-8-14(9-11-16)20(25)23-22-13-15-4-1-2-7-19(15)30-31(28,29)18-6-3-5-17(12-18)24(26)27/h1-13H,(H,23,25)/b22-13-. The van der Waals surface area contributed by atoms with E-state index in [4.69, 9.17) is 15.8 Å². The van der Waals surface area contributed by atoms with Gasteiger partial charge in [0.2, 0.25) is 0 Å². The molecule has 1 amide bonds. The highest BCUT2D eigenvalue weighted by atomic mass is 35.5. The van der Waals surface area contributed by atoms with Gasteiger partial charge in [-0.25, -0.2) is 5.43 Å². The number of carbonyl (C=O) groups excluding carboxylic acids is 1. The SMILES string of the molecule is O=C(N/N=C\c1ccccc1OS(=O)(=O)c1cccc([N+](=O)[O-])c1)c1ccc(Cl)cc1. The third-order valence-corrected chi connectivity index (χ3v) is 5.39. The Balaban J connectivity index is 1.78. The summed E-state index contributed by atoms with van der Waals surface area (Å²) in [7, 11) is -4.35. The van der Waals surface area contributed by atoms with Crippen LogP contribution in [0.2, 0.25) is 5.02 Å². The van der Waals surface area contributed by atoms with E-state index >= 15 is 0 Å². The van der Waals surface area contributed by atoms with Gasteiger partial charge in [-0.1, -0.05) is 29.8 Å². The van der Waals surface area contributed by atoms with Gasteiger partial charge in [0, 0.05) is 28.3 Å². The molecule has 0 aliphatic heterocycles. The minimum Gasteiger partial charge on any atom is -0.378 e. The van der Waals surface area contributed by atoms with Crippen LogP contribution in [0.3, 0.4) is 0 Å². The van der Waals surface area contributed by atoms with Crippen molar-refractivity contribution in [2.45, 2.75) is 4.90 Å². The second-order valence-electron chi connectivity index (χ2n) is 6.04. The van der Waals surface area contributed by atoms with Gasteiger partial charge in [-0.05, 0) is 42.5 Å². The summed E-state index contributed by atoms with van der Waals surface area (Å²) in [6, 6.07) is 16.7. The van der Waals surface area contributed by atoms with E-state index in [-0.39, 0.29) is 21.9 Å². The van der Waals surface area contributed by atoms with Gasteiger partial charge in [0.15, 0.2) is 5.75 Å². The number of amides is 1. The Labute approximate surface area is 182 Å². The Kier molecular flexibility index (Phi) is 6.63. The molecule has 3 aromatic rings. The predicted molar refractivity (Wildman–Crippen MR) is 114 cm³/mol. The topological polar surface area (TPSA) is 128 Å². The molecular weight excluding hydrogens is 446 g/mol. The minimum absolute atomic E-state index is 0.0708. The average molecular weight is 460 g/mol. The summed E-state index contributed by atoms with van der Waals surface area (Å²) < 4.78 is 30.2. The van der Waals surface area contributed by atoms with E-state index in [1.54, 1.807) is 24.3 Å². The fourth-order valence-corrected chi connectivity index (χ4v) is 3.53. The van der Waals surface area contributed by atoms with Crippen LogP contribution in [-0.4, -0.2) is 25.5 Å². The van der Waals surface area contributed by atoms with Crippen LogP contribution in [0.5, 0.6) is 5.75 Å². The molecule has 31 heavy (non-hydrogen) atoms. The van der Waals surface area contributed by atoms with Crippen LogP contribution in [0, 0.1) is 10.1 Å². The molecule has 0 spiro atoms. The summed E-state index contributed by atoms with van der Waals surface area (Å²) in [4.78, 5) is 21.9. The zero-order chi connectivity index (χ0) is 22.4. The minimum atomic E-state index is -4.35. The van der Waals surface area contributed by atoms with Crippen LogP contribution in [-0.2, 0) is 10.1 Å². The largest absolute Gasteiger partial charge is 0.378 e. The van der Waals surface area contributed by atoms with Gasteiger partial charge in [0.1, 0.15) is 4.90 Å². The molecule has 0 saturated carbocycles. The van der Waals surface area contributed by atoms with Gasteiger partial charge in [-0.2, -0.15) is 13.5 Å². The van der Waals surface area contributed by atoms with Gasteiger partial charge in [0.25, 0.3) is 11.6 Å². The number of non-ortho nitro benzene ring substituents is 1. The lowest BCUT2D eigenvalue weighted by molar-refractivity contribution is -0.385. The van der Waals surface area contributed by atoms with E-state index in [0.717, 1.165) is 6.07 Å². The fourth-order valence-electron chi connectivity index (χ4n) is 2.41. The molecule has 0 heterocycles. The molecule has 0 aliphatic carbocycles. The maximum Gasteiger partial charge on any atom is 0.339 e. The molecular formula is C20H14ClN3O6S. The fraction of sp³-hybridized carbons (Fsp3) is 0. The molecule has 11 heteroatoms. The molecule has 1 N–H and O–H groups in total. The molecule has 158 valence electrons. The van der Waals surface area contributed by atoms with Gasteiger partial charge in [-0.3, -0.25) is 14.9 Å². The number of hydrazone groups is 1. The molecule has 3 rings (SSSR count). The van der Waals surface area contributed by atoms with E-state index in [1.165, 1.54) is 48.7 Å². The Morgan fingerprint density at radius 3 is 2.48 bits per heavy atom. The maximum atomic E-state index is 12.6. The van der Waals surface area contributed by atoms with Gasteiger partial charge < -0.3 is 4.18 Å². The molecule has 9 nitrogen and oxygen atoms in total. The number of halogens is 1. The molecule has 0 bridgehead atoms. The van der Waals surface area contributed by atoms with Crippen molar-refractivity contribution in [2.24, 2.45) is 5.10 Å². The number of benzene rings is 3. The predicted octanol–water partition coefficient (Wildman–Crippen LogP) is 3.78. The van der Waals surface area contributed by atoms with Gasteiger partial charge in [-0.15, -0.1) is 0 Å². The van der Waals surface area contributed by atoms with Crippen molar-refractivity contribution in [3.05, 3.63) is 99.1 Å². The van der Waals surface area contributed by atoms with Gasteiger partial charge in [0.05, 0.1) is 11.1 Å². The van der Waals surface area contributed by atoms with Crippen LogP contribution in [0.15, 0.2) is 82.8 Å². The lowest BCUT2D eigenvalue weighted by Gasteiger charge is -2.09. The first kappa shape index (κ1) is 21.9. The Hall–Kier alpha value is -3.76. The lowest BCUT2D eigenvalue weighted by Crippen LogP contribution is -2.17. The molecule has 0 atom stereocenters. The normalized spacial score (nSPS) is 11.3. The summed E-state index contributed by atoms with van der Waals surface area (Å²) in [5.41, 5.74) is 2.52. The maximum absolute atomic E-state index is 12.6.